The van der Waals surface area contributed by atoms with Gasteiger partial charge in [0.25, 0.3) is 0 Å². The van der Waals surface area contributed by atoms with E-state index in [0.29, 0.717) is 12.6 Å². The summed E-state index contributed by atoms with van der Waals surface area (Å²) in [6.45, 7) is 2.22. The van der Waals surface area contributed by atoms with Crippen molar-refractivity contribution in [1.29, 1.82) is 0 Å². The number of methoxy groups -OCH3 is 1. The fourth-order valence-electron chi connectivity index (χ4n) is 2.55. The second kappa shape index (κ2) is 6.18. The second-order valence-electron chi connectivity index (χ2n) is 4.68. The lowest BCUT2D eigenvalue weighted by atomic mass is 10.0. The first-order chi connectivity index (χ1) is 8.77. The predicted octanol–water partition coefficient (Wildman–Crippen LogP) is 1.42. The number of nitrogens with zero attached hydrogens (tertiary/aromatic N) is 1. The summed E-state index contributed by atoms with van der Waals surface area (Å²) in [7, 11) is 3.81. The highest BCUT2D eigenvalue weighted by molar-refractivity contribution is 5.36. The van der Waals surface area contributed by atoms with Crippen molar-refractivity contribution < 1.29 is 9.47 Å². The molecule has 2 atom stereocenters. The van der Waals surface area contributed by atoms with E-state index in [1.165, 1.54) is 0 Å². The van der Waals surface area contributed by atoms with Crippen molar-refractivity contribution in [1.82, 2.24) is 4.90 Å². The number of hydrogen-bond donors (Lipinski definition) is 1. The maximum atomic E-state index is 5.96. The van der Waals surface area contributed by atoms with Gasteiger partial charge in [0.2, 0.25) is 0 Å². The topological polar surface area (TPSA) is 47.7 Å². The van der Waals surface area contributed by atoms with Crippen LogP contribution in [0, 0.1) is 0 Å². The Labute approximate surface area is 109 Å². The summed E-state index contributed by atoms with van der Waals surface area (Å²) >= 11 is 0. The third kappa shape index (κ3) is 2.66. The van der Waals surface area contributed by atoms with Crippen molar-refractivity contribution in [2.45, 2.75) is 18.5 Å². The summed E-state index contributed by atoms with van der Waals surface area (Å²) < 4.78 is 10.9. The number of nitrogens with two attached hydrogens (primary N) is 1. The van der Waals surface area contributed by atoms with Gasteiger partial charge in [-0.05, 0) is 19.5 Å². The summed E-state index contributed by atoms with van der Waals surface area (Å²) in [4.78, 5) is 2.31. The van der Waals surface area contributed by atoms with E-state index < -0.39 is 0 Å². The van der Waals surface area contributed by atoms with Crippen molar-refractivity contribution in [3.63, 3.8) is 0 Å². The summed E-state index contributed by atoms with van der Waals surface area (Å²) in [5.74, 6) is 0.902. The average molecular weight is 250 g/mol. The van der Waals surface area contributed by atoms with E-state index in [4.69, 9.17) is 15.2 Å². The van der Waals surface area contributed by atoms with E-state index >= 15 is 0 Å². The van der Waals surface area contributed by atoms with Crippen LogP contribution in [0.2, 0.25) is 0 Å². The van der Waals surface area contributed by atoms with Gasteiger partial charge in [-0.1, -0.05) is 18.2 Å². The monoisotopic (exact) mass is 250 g/mol. The average Bonchev–Trinajstić information content (AvgIpc) is 2.94. The molecule has 2 unspecified atom stereocenters. The minimum Gasteiger partial charge on any atom is -0.496 e. The molecule has 0 amide bonds. The van der Waals surface area contributed by atoms with Gasteiger partial charge in [0.05, 0.1) is 19.8 Å². The molecule has 18 heavy (non-hydrogen) atoms. The molecule has 1 aromatic carbocycles. The highest BCUT2D eigenvalue weighted by Crippen LogP contribution is 2.30. The molecule has 0 aliphatic carbocycles. The largest absolute Gasteiger partial charge is 0.496 e. The maximum absolute atomic E-state index is 5.96. The number of likely N-dealkylation sites (N-methyl/N-ethyl adjacent to an activating group) is 1. The second-order valence-corrected chi connectivity index (χ2v) is 4.68. The van der Waals surface area contributed by atoms with Crippen molar-refractivity contribution >= 4 is 0 Å². The third-order valence-electron chi connectivity index (χ3n) is 3.69. The standard InChI is InChI=1S/C14H22N2O2/c1-16(11-7-8-18-10-11)13(9-15)12-5-3-4-6-14(12)17-2/h3-6,11,13H,7-10,15H2,1-2H3. The summed E-state index contributed by atoms with van der Waals surface area (Å²) in [6.07, 6.45) is 1.07. The molecule has 0 spiro atoms. The molecule has 4 heteroatoms. The molecule has 1 aliphatic heterocycles. The fraction of sp³-hybridized carbons (Fsp3) is 0.571. The van der Waals surface area contributed by atoms with Crippen molar-refractivity contribution in [3.05, 3.63) is 29.8 Å². The molecule has 1 saturated heterocycles. The normalized spacial score (nSPS) is 21.2. The van der Waals surface area contributed by atoms with Crippen molar-refractivity contribution in [3.8, 4) is 5.75 Å². The zero-order valence-corrected chi connectivity index (χ0v) is 11.1. The predicted molar refractivity (Wildman–Crippen MR) is 71.8 cm³/mol. The van der Waals surface area contributed by atoms with E-state index in [-0.39, 0.29) is 6.04 Å². The zero-order valence-electron chi connectivity index (χ0n) is 11.1. The Bertz CT molecular complexity index is 378. The van der Waals surface area contributed by atoms with Gasteiger partial charge in [0.1, 0.15) is 5.75 Å². The van der Waals surface area contributed by atoms with Gasteiger partial charge in [-0.3, -0.25) is 4.90 Å². The molecule has 1 aromatic rings. The van der Waals surface area contributed by atoms with Crippen LogP contribution in [0.5, 0.6) is 5.75 Å². The first-order valence-corrected chi connectivity index (χ1v) is 6.40. The summed E-state index contributed by atoms with van der Waals surface area (Å²) in [5, 5.41) is 0. The number of hydrogen-bond acceptors (Lipinski definition) is 4. The molecule has 2 rings (SSSR count). The lowest BCUT2D eigenvalue weighted by molar-refractivity contribution is 0.133. The molecule has 0 saturated carbocycles. The number of benzene rings is 1. The van der Waals surface area contributed by atoms with Gasteiger partial charge in [-0.15, -0.1) is 0 Å². The highest BCUT2D eigenvalue weighted by Gasteiger charge is 2.27. The van der Waals surface area contributed by atoms with Crippen LogP contribution in [0.1, 0.15) is 18.0 Å². The van der Waals surface area contributed by atoms with Gasteiger partial charge in [-0.25, -0.2) is 0 Å². The van der Waals surface area contributed by atoms with E-state index in [0.717, 1.165) is 30.9 Å². The maximum Gasteiger partial charge on any atom is 0.123 e. The van der Waals surface area contributed by atoms with Crippen LogP contribution in [0.4, 0.5) is 0 Å². The molecule has 2 N–H and O–H groups in total. The number of ether oxygens (including phenoxy) is 2. The van der Waals surface area contributed by atoms with E-state index in [9.17, 15) is 0 Å². The van der Waals surface area contributed by atoms with Crippen LogP contribution in [-0.2, 0) is 4.74 Å². The molecule has 0 bridgehead atoms. The van der Waals surface area contributed by atoms with Gasteiger partial charge in [0, 0.05) is 24.8 Å². The summed E-state index contributed by atoms with van der Waals surface area (Å²) in [5.41, 5.74) is 7.11. The highest BCUT2D eigenvalue weighted by atomic mass is 16.5. The molecule has 100 valence electrons. The quantitative estimate of drug-likeness (QED) is 0.858. The fourth-order valence-corrected chi connectivity index (χ4v) is 2.55. The molecule has 1 aliphatic rings. The molecular weight excluding hydrogens is 228 g/mol. The molecule has 0 radical (unpaired) electrons. The van der Waals surface area contributed by atoms with Crippen LogP contribution < -0.4 is 10.5 Å². The summed E-state index contributed by atoms with van der Waals surface area (Å²) in [6, 6.07) is 8.70. The molecule has 1 fully saturated rings. The van der Waals surface area contributed by atoms with Gasteiger partial charge < -0.3 is 15.2 Å². The molecule has 1 heterocycles. The Morgan fingerprint density at radius 1 is 1.50 bits per heavy atom. The van der Waals surface area contributed by atoms with Gasteiger partial charge in [0.15, 0.2) is 0 Å². The SMILES string of the molecule is COc1ccccc1C(CN)N(C)C1CCOC1. The van der Waals surface area contributed by atoms with Crippen molar-refractivity contribution in [2.24, 2.45) is 5.73 Å². The van der Waals surface area contributed by atoms with Crippen LogP contribution in [0.25, 0.3) is 0 Å². The minimum atomic E-state index is 0.174. The molecular formula is C14H22N2O2. The van der Waals surface area contributed by atoms with E-state index in [1.54, 1.807) is 7.11 Å². The van der Waals surface area contributed by atoms with Crippen molar-refractivity contribution in [2.75, 3.05) is 33.9 Å². The van der Waals surface area contributed by atoms with Gasteiger partial charge >= 0.3 is 0 Å². The number of rotatable bonds is 5. The van der Waals surface area contributed by atoms with Crippen LogP contribution in [-0.4, -0.2) is 44.9 Å². The van der Waals surface area contributed by atoms with Crippen LogP contribution >= 0.6 is 0 Å². The lowest BCUT2D eigenvalue weighted by Crippen LogP contribution is -2.39. The number of para-hydroxylation sites is 1. The third-order valence-corrected chi connectivity index (χ3v) is 3.69. The Balaban J connectivity index is 2.21. The minimum absolute atomic E-state index is 0.174. The Morgan fingerprint density at radius 2 is 2.28 bits per heavy atom. The Morgan fingerprint density at radius 3 is 2.89 bits per heavy atom. The first kappa shape index (κ1) is 13.3. The Hall–Kier alpha value is -1.10. The first-order valence-electron chi connectivity index (χ1n) is 6.40. The van der Waals surface area contributed by atoms with E-state index in [1.807, 2.05) is 18.2 Å². The van der Waals surface area contributed by atoms with Gasteiger partial charge in [-0.2, -0.15) is 0 Å². The molecule has 0 aromatic heterocycles. The smallest absolute Gasteiger partial charge is 0.123 e. The lowest BCUT2D eigenvalue weighted by Gasteiger charge is -2.32. The van der Waals surface area contributed by atoms with Crippen LogP contribution in [0.15, 0.2) is 24.3 Å². The zero-order chi connectivity index (χ0) is 13.0. The van der Waals surface area contributed by atoms with Crippen LogP contribution in [0.3, 0.4) is 0 Å². The van der Waals surface area contributed by atoms with E-state index in [2.05, 4.69) is 18.0 Å². The molecule has 4 nitrogen and oxygen atoms in total. The Kier molecular flexibility index (Phi) is 4.58.